The first-order valence-corrected chi connectivity index (χ1v) is 6.49. The zero-order valence-electron chi connectivity index (χ0n) is 9.15. The summed E-state index contributed by atoms with van der Waals surface area (Å²) in [5.74, 6) is -0.375. The van der Waals surface area contributed by atoms with Gasteiger partial charge in [0, 0.05) is 21.1 Å². The fourth-order valence-corrected chi connectivity index (χ4v) is 2.92. The second kappa shape index (κ2) is 3.95. The van der Waals surface area contributed by atoms with Gasteiger partial charge in [-0.3, -0.25) is 4.79 Å². The number of nitrogens with one attached hydrogen (secondary N) is 1. The number of hydrogen-bond acceptors (Lipinski definition) is 1. The van der Waals surface area contributed by atoms with E-state index in [1.54, 1.807) is 6.07 Å². The molecule has 1 aromatic carbocycles. The lowest BCUT2D eigenvalue weighted by molar-refractivity contribution is 0.630. The number of fused-ring (bicyclic) bond motifs is 2. The molecule has 2 aromatic rings. The molecule has 0 unspecified atom stereocenters. The van der Waals surface area contributed by atoms with Gasteiger partial charge in [-0.15, -0.1) is 0 Å². The largest absolute Gasteiger partial charge is 0.356 e. The third-order valence-corrected chi connectivity index (χ3v) is 3.78. The number of aromatic amines is 1. The van der Waals surface area contributed by atoms with Gasteiger partial charge in [-0.1, -0.05) is 15.9 Å². The van der Waals surface area contributed by atoms with Gasteiger partial charge >= 0.3 is 0 Å². The molecule has 17 heavy (non-hydrogen) atoms. The molecule has 1 aliphatic carbocycles. The van der Waals surface area contributed by atoms with Crippen LogP contribution in [0.25, 0.3) is 10.9 Å². The van der Waals surface area contributed by atoms with E-state index in [1.165, 1.54) is 6.07 Å². The molecular formula is C13H11BrFNO. The smallest absolute Gasteiger partial charge is 0.192 e. The predicted molar refractivity (Wildman–Crippen MR) is 68.9 cm³/mol. The maximum atomic E-state index is 13.8. The molecule has 0 amide bonds. The van der Waals surface area contributed by atoms with Gasteiger partial charge in [-0.05, 0) is 37.8 Å². The third kappa shape index (κ3) is 1.71. The second-order valence-electron chi connectivity index (χ2n) is 4.43. The molecule has 0 saturated carbocycles. The summed E-state index contributed by atoms with van der Waals surface area (Å²) in [7, 11) is 0. The summed E-state index contributed by atoms with van der Waals surface area (Å²) < 4.78 is 14.4. The zero-order valence-corrected chi connectivity index (χ0v) is 10.7. The molecule has 0 saturated heterocycles. The lowest BCUT2D eigenvalue weighted by Gasteiger charge is -2.16. The van der Waals surface area contributed by atoms with Crippen molar-refractivity contribution in [2.45, 2.75) is 25.7 Å². The van der Waals surface area contributed by atoms with Crippen LogP contribution >= 0.6 is 15.9 Å². The molecule has 3 rings (SSSR count). The zero-order chi connectivity index (χ0) is 12.0. The van der Waals surface area contributed by atoms with Crippen molar-refractivity contribution in [3.8, 4) is 0 Å². The van der Waals surface area contributed by atoms with Gasteiger partial charge in [0.05, 0.1) is 5.52 Å². The first-order valence-electron chi connectivity index (χ1n) is 5.69. The van der Waals surface area contributed by atoms with E-state index in [1.807, 2.05) is 0 Å². The van der Waals surface area contributed by atoms with Gasteiger partial charge in [0.25, 0.3) is 0 Å². The van der Waals surface area contributed by atoms with Crippen LogP contribution in [0.1, 0.15) is 24.1 Å². The molecule has 0 spiro atoms. The Morgan fingerprint density at radius 2 is 2.00 bits per heavy atom. The Balaban J connectivity index is 2.44. The Kier molecular flexibility index (Phi) is 2.54. The SMILES string of the molecule is O=c1c2c([nH]c3c(F)cc(Br)cc13)CCCC2. The van der Waals surface area contributed by atoms with E-state index in [0.29, 0.717) is 15.4 Å². The standard InChI is InChI=1S/C13H11BrFNO/c14-7-5-9-12(10(15)6-7)16-11-4-2-1-3-8(11)13(9)17/h5-6H,1-4H2,(H,16,17). The number of benzene rings is 1. The highest BCUT2D eigenvalue weighted by Crippen LogP contribution is 2.24. The molecule has 0 radical (unpaired) electrons. The number of rotatable bonds is 0. The third-order valence-electron chi connectivity index (χ3n) is 3.32. The lowest BCUT2D eigenvalue weighted by atomic mass is 9.94. The fourth-order valence-electron chi connectivity index (χ4n) is 2.49. The summed E-state index contributed by atoms with van der Waals surface area (Å²) in [5, 5.41) is 0.442. The Hall–Kier alpha value is -1.16. The van der Waals surface area contributed by atoms with E-state index in [-0.39, 0.29) is 11.2 Å². The van der Waals surface area contributed by atoms with Crippen LogP contribution in [0.3, 0.4) is 0 Å². The van der Waals surface area contributed by atoms with Crippen LogP contribution in [0.4, 0.5) is 4.39 Å². The normalized spacial score (nSPS) is 14.9. The topological polar surface area (TPSA) is 32.9 Å². The first kappa shape index (κ1) is 11.0. The van der Waals surface area contributed by atoms with E-state index < -0.39 is 0 Å². The minimum atomic E-state index is -0.375. The fraction of sp³-hybridized carbons (Fsp3) is 0.308. The van der Waals surface area contributed by atoms with Crippen molar-refractivity contribution in [3.05, 3.63) is 43.9 Å². The molecule has 0 fully saturated rings. The van der Waals surface area contributed by atoms with Crippen molar-refractivity contribution < 1.29 is 4.39 Å². The van der Waals surface area contributed by atoms with Gasteiger partial charge in [-0.2, -0.15) is 0 Å². The summed E-state index contributed by atoms with van der Waals surface area (Å²) in [6, 6.07) is 3.07. The molecule has 4 heteroatoms. The van der Waals surface area contributed by atoms with Crippen LogP contribution in [0.15, 0.2) is 21.4 Å². The second-order valence-corrected chi connectivity index (χ2v) is 5.34. The highest BCUT2D eigenvalue weighted by Gasteiger charge is 2.17. The van der Waals surface area contributed by atoms with Gasteiger partial charge in [-0.25, -0.2) is 4.39 Å². The van der Waals surface area contributed by atoms with Crippen LogP contribution in [-0.2, 0) is 12.8 Å². The van der Waals surface area contributed by atoms with Crippen LogP contribution in [0, 0.1) is 5.82 Å². The first-order chi connectivity index (χ1) is 8.16. The Labute approximate surface area is 106 Å². The summed E-state index contributed by atoms with van der Waals surface area (Å²) in [6.07, 6.45) is 3.75. The average molecular weight is 296 g/mol. The van der Waals surface area contributed by atoms with Gasteiger partial charge in [0.1, 0.15) is 5.82 Å². The minimum Gasteiger partial charge on any atom is -0.356 e. The average Bonchev–Trinajstić information content (AvgIpc) is 2.31. The molecule has 0 aliphatic heterocycles. The maximum Gasteiger partial charge on any atom is 0.192 e. The Morgan fingerprint density at radius 3 is 2.82 bits per heavy atom. The molecule has 1 aromatic heterocycles. The van der Waals surface area contributed by atoms with Crippen molar-refractivity contribution in [1.82, 2.24) is 4.98 Å². The summed E-state index contributed by atoms with van der Waals surface area (Å²) >= 11 is 3.22. The molecule has 88 valence electrons. The van der Waals surface area contributed by atoms with E-state index in [2.05, 4.69) is 20.9 Å². The van der Waals surface area contributed by atoms with Crippen molar-refractivity contribution in [1.29, 1.82) is 0 Å². The summed E-state index contributed by atoms with van der Waals surface area (Å²) in [4.78, 5) is 15.4. The number of aromatic nitrogens is 1. The van der Waals surface area contributed by atoms with Gasteiger partial charge in [0.2, 0.25) is 0 Å². The van der Waals surface area contributed by atoms with Gasteiger partial charge in [0.15, 0.2) is 5.43 Å². The molecule has 1 aliphatic rings. The minimum absolute atomic E-state index is 0.0198. The summed E-state index contributed by atoms with van der Waals surface area (Å²) in [5.41, 5.74) is 2.06. The Morgan fingerprint density at radius 1 is 1.24 bits per heavy atom. The summed E-state index contributed by atoms with van der Waals surface area (Å²) in [6.45, 7) is 0. The molecule has 2 nitrogen and oxygen atoms in total. The van der Waals surface area contributed by atoms with Crippen LogP contribution in [-0.4, -0.2) is 4.98 Å². The molecule has 1 heterocycles. The monoisotopic (exact) mass is 295 g/mol. The van der Waals surface area contributed by atoms with Crippen molar-refractivity contribution in [3.63, 3.8) is 0 Å². The quantitative estimate of drug-likeness (QED) is 0.795. The van der Waals surface area contributed by atoms with E-state index in [4.69, 9.17) is 0 Å². The highest BCUT2D eigenvalue weighted by molar-refractivity contribution is 9.10. The molecule has 1 N–H and O–H groups in total. The van der Waals surface area contributed by atoms with E-state index >= 15 is 0 Å². The Bertz CT molecular complexity index is 662. The molecule has 0 atom stereocenters. The predicted octanol–water partition coefficient (Wildman–Crippen LogP) is 3.31. The van der Waals surface area contributed by atoms with Crippen LogP contribution in [0.5, 0.6) is 0 Å². The highest BCUT2D eigenvalue weighted by atomic mass is 79.9. The van der Waals surface area contributed by atoms with Gasteiger partial charge < -0.3 is 4.98 Å². The number of H-pyrrole nitrogens is 1. The van der Waals surface area contributed by atoms with Crippen molar-refractivity contribution >= 4 is 26.8 Å². The number of hydrogen-bond donors (Lipinski definition) is 1. The maximum absolute atomic E-state index is 13.8. The lowest BCUT2D eigenvalue weighted by Crippen LogP contribution is -2.18. The number of halogens is 2. The molecular weight excluding hydrogens is 285 g/mol. The number of aryl methyl sites for hydroxylation is 1. The van der Waals surface area contributed by atoms with Crippen LogP contribution in [0.2, 0.25) is 0 Å². The van der Waals surface area contributed by atoms with Crippen molar-refractivity contribution in [2.75, 3.05) is 0 Å². The van der Waals surface area contributed by atoms with E-state index in [0.717, 1.165) is 36.9 Å². The van der Waals surface area contributed by atoms with E-state index in [9.17, 15) is 9.18 Å². The molecule has 0 bridgehead atoms. The van der Waals surface area contributed by atoms with Crippen LogP contribution < -0.4 is 5.43 Å². The van der Waals surface area contributed by atoms with Crippen molar-refractivity contribution in [2.24, 2.45) is 0 Å². The number of pyridine rings is 1.